The van der Waals surface area contributed by atoms with Gasteiger partial charge in [-0.05, 0) is 33.7 Å². The van der Waals surface area contributed by atoms with Crippen LogP contribution in [0.25, 0.3) is 0 Å². The smallest absolute Gasteiger partial charge is 0.411 e. The van der Waals surface area contributed by atoms with E-state index >= 15 is 0 Å². The van der Waals surface area contributed by atoms with Crippen molar-refractivity contribution in [2.45, 2.75) is 45.9 Å². The lowest BCUT2D eigenvalue weighted by Crippen LogP contribution is -2.59. The van der Waals surface area contributed by atoms with Crippen molar-refractivity contribution in [2.24, 2.45) is 0 Å². The van der Waals surface area contributed by atoms with Crippen molar-refractivity contribution in [2.75, 3.05) is 13.1 Å². The summed E-state index contributed by atoms with van der Waals surface area (Å²) in [6, 6.07) is 0. The largest absolute Gasteiger partial charge is 0.444 e. The van der Waals surface area contributed by atoms with E-state index < -0.39 is 5.60 Å². The normalized spacial score (nSPS) is 21.7. The van der Waals surface area contributed by atoms with Crippen molar-refractivity contribution in [3.05, 3.63) is 0 Å². The molecule has 1 amide bonds. The highest BCUT2D eigenvalue weighted by Gasteiger charge is 2.34. The lowest BCUT2D eigenvalue weighted by molar-refractivity contribution is -0.0115. The SMILES string of the molecule is CCNC1CCN1C(=O)OC(C)(C)C. The van der Waals surface area contributed by atoms with Crippen LogP contribution in [0.15, 0.2) is 0 Å². The number of rotatable bonds is 2. The Hall–Kier alpha value is -0.770. The van der Waals surface area contributed by atoms with Crippen LogP contribution in [0.1, 0.15) is 34.1 Å². The van der Waals surface area contributed by atoms with Crippen LogP contribution < -0.4 is 5.32 Å². The highest BCUT2D eigenvalue weighted by molar-refractivity contribution is 5.69. The zero-order valence-corrected chi connectivity index (χ0v) is 9.46. The van der Waals surface area contributed by atoms with Crippen molar-refractivity contribution >= 4 is 6.09 Å². The fraction of sp³-hybridized carbons (Fsp3) is 0.900. The van der Waals surface area contributed by atoms with Gasteiger partial charge in [0.1, 0.15) is 5.60 Å². The van der Waals surface area contributed by atoms with Gasteiger partial charge in [-0.2, -0.15) is 0 Å². The van der Waals surface area contributed by atoms with Gasteiger partial charge in [-0.15, -0.1) is 0 Å². The predicted octanol–water partition coefficient (Wildman–Crippen LogP) is 1.56. The average molecular weight is 200 g/mol. The van der Waals surface area contributed by atoms with E-state index in [0.717, 1.165) is 19.5 Å². The predicted molar refractivity (Wildman–Crippen MR) is 55.0 cm³/mol. The molecule has 0 bridgehead atoms. The number of nitrogens with zero attached hydrogens (tertiary/aromatic N) is 1. The first kappa shape index (κ1) is 11.3. The third-order valence-electron chi connectivity index (χ3n) is 2.09. The molecule has 0 aliphatic carbocycles. The van der Waals surface area contributed by atoms with Gasteiger partial charge in [-0.1, -0.05) is 6.92 Å². The Morgan fingerprint density at radius 1 is 1.57 bits per heavy atom. The fourth-order valence-electron chi connectivity index (χ4n) is 1.37. The van der Waals surface area contributed by atoms with E-state index in [1.807, 2.05) is 27.7 Å². The number of hydrogen-bond donors (Lipinski definition) is 1. The Balaban J connectivity index is 2.38. The Morgan fingerprint density at radius 2 is 2.21 bits per heavy atom. The second kappa shape index (κ2) is 4.17. The minimum absolute atomic E-state index is 0.176. The van der Waals surface area contributed by atoms with Crippen LogP contribution >= 0.6 is 0 Å². The Bertz CT molecular complexity index is 211. The summed E-state index contributed by atoms with van der Waals surface area (Å²) >= 11 is 0. The van der Waals surface area contributed by atoms with Crippen LogP contribution in [0, 0.1) is 0 Å². The molecule has 1 unspecified atom stereocenters. The summed E-state index contributed by atoms with van der Waals surface area (Å²) in [5.74, 6) is 0. The highest BCUT2D eigenvalue weighted by Crippen LogP contribution is 2.18. The molecule has 14 heavy (non-hydrogen) atoms. The molecule has 1 atom stereocenters. The molecule has 1 aliphatic heterocycles. The van der Waals surface area contributed by atoms with Crippen LogP contribution in [0.3, 0.4) is 0 Å². The molecule has 1 heterocycles. The van der Waals surface area contributed by atoms with Crippen molar-refractivity contribution in [3.63, 3.8) is 0 Å². The molecule has 0 aromatic heterocycles. The van der Waals surface area contributed by atoms with Gasteiger partial charge in [-0.25, -0.2) is 4.79 Å². The minimum Gasteiger partial charge on any atom is -0.444 e. The van der Waals surface area contributed by atoms with Gasteiger partial charge in [0.15, 0.2) is 0 Å². The second-order valence-corrected chi connectivity index (χ2v) is 4.54. The zero-order chi connectivity index (χ0) is 10.8. The van der Waals surface area contributed by atoms with E-state index in [-0.39, 0.29) is 12.3 Å². The molecular formula is C10H20N2O2. The van der Waals surface area contributed by atoms with Gasteiger partial charge < -0.3 is 4.74 Å². The number of carbonyl (C=O) groups excluding carboxylic acids is 1. The molecule has 0 aromatic rings. The number of hydrogen-bond acceptors (Lipinski definition) is 3. The highest BCUT2D eigenvalue weighted by atomic mass is 16.6. The summed E-state index contributed by atoms with van der Waals surface area (Å²) in [6.45, 7) is 9.36. The molecule has 0 spiro atoms. The van der Waals surface area contributed by atoms with Crippen LogP contribution in [-0.2, 0) is 4.74 Å². The van der Waals surface area contributed by atoms with E-state index in [0.29, 0.717) is 0 Å². The van der Waals surface area contributed by atoms with E-state index in [9.17, 15) is 4.79 Å². The molecule has 0 aromatic carbocycles. The van der Waals surface area contributed by atoms with Gasteiger partial charge in [0, 0.05) is 6.54 Å². The Labute approximate surface area is 85.6 Å². The van der Waals surface area contributed by atoms with Gasteiger partial charge in [0.05, 0.1) is 6.17 Å². The number of likely N-dealkylation sites (tertiary alicyclic amines) is 1. The third kappa shape index (κ3) is 2.87. The molecule has 4 heteroatoms. The topological polar surface area (TPSA) is 41.6 Å². The number of amides is 1. The summed E-state index contributed by atoms with van der Waals surface area (Å²) in [5, 5.41) is 3.22. The first-order chi connectivity index (χ1) is 6.44. The van der Waals surface area contributed by atoms with Crippen molar-refractivity contribution < 1.29 is 9.53 Å². The molecule has 82 valence electrons. The van der Waals surface area contributed by atoms with E-state index in [4.69, 9.17) is 4.74 Å². The molecule has 1 saturated heterocycles. The molecular weight excluding hydrogens is 180 g/mol. The number of ether oxygens (including phenoxy) is 1. The summed E-state index contributed by atoms with van der Waals surface area (Å²) in [4.78, 5) is 13.3. The summed E-state index contributed by atoms with van der Waals surface area (Å²) in [6.07, 6.45) is 0.983. The van der Waals surface area contributed by atoms with E-state index in [2.05, 4.69) is 5.32 Å². The van der Waals surface area contributed by atoms with Crippen LogP contribution in [0.5, 0.6) is 0 Å². The Morgan fingerprint density at radius 3 is 2.57 bits per heavy atom. The quantitative estimate of drug-likeness (QED) is 0.735. The van der Waals surface area contributed by atoms with Crippen molar-refractivity contribution in [3.8, 4) is 0 Å². The van der Waals surface area contributed by atoms with Crippen molar-refractivity contribution in [1.82, 2.24) is 10.2 Å². The van der Waals surface area contributed by atoms with Crippen molar-refractivity contribution in [1.29, 1.82) is 0 Å². The molecule has 1 fully saturated rings. The molecule has 0 radical (unpaired) electrons. The fourth-order valence-corrected chi connectivity index (χ4v) is 1.37. The maximum absolute atomic E-state index is 11.6. The summed E-state index contributed by atoms with van der Waals surface area (Å²) < 4.78 is 5.27. The minimum atomic E-state index is -0.399. The van der Waals surface area contributed by atoms with Gasteiger partial charge >= 0.3 is 6.09 Å². The lowest BCUT2D eigenvalue weighted by atomic mass is 10.1. The van der Waals surface area contributed by atoms with Crippen LogP contribution in [0.4, 0.5) is 4.79 Å². The summed E-state index contributed by atoms with van der Waals surface area (Å²) in [7, 11) is 0. The standard InChI is InChI=1S/C10H20N2O2/c1-5-11-8-6-7-12(8)9(13)14-10(2,3)4/h8,11H,5-7H2,1-4H3. The van der Waals surface area contributed by atoms with Gasteiger partial charge in [0.2, 0.25) is 0 Å². The lowest BCUT2D eigenvalue weighted by Gasteiger charge is -2.41. The maximum atomic E-state index is 11.6. The van der Waals surface area contributed by atoms with Gasteiger partial charge in [-0.3, -0.25) is 10.2 Å². The number of carbonyl (C=O) groups is 1. The average Bonchev–Trinajstić information content (AvgIpc) is 1.93. The van der Waals surface area contributed by atoms with Crippen LogP contribution in [0.2, 0.25) is 0 Å². The number of nitrogens with one attached hydrogen (secondary N) is 1. The first-order valence-electron chi connectivity index (χ1n) is 5.17. The molecule has 1 N–H and O–H groups in total. The molecule has 4 nitrogen and oxygen atoms in total. The monoisotopic (exact) mass is 200 g/mol. The summed E-state index contributed by atoms with van der Waals surface area (Å²) in [5.41, 5.74) is -0.399. The van der Waals surface area contributed by atoms with Gasteiger partial charge in [0.25, 0.3) is 0 Å². The first-order valence-corrected chi connectivity index (χ1v) is 5.17. The maximum Gasteiger partial charge on any atom is 0.411 e. The van der Waals surface area contributed by atoms with E-state index in [1.54, 1.807) is 4.90 Å². The van der Waals surface area contributed by atoms with E-state index in [1.165, 1.54) is 0 Å². The second-order valence-electron chi connectivity index (χ2n) is 4.54. The Kier molecular flexibility index (Phi) is 3.37. The van der Waals surface area contributed by atoms with Crippen LogP contribution in [-0.4, -0.2) is 35.8 Å². The third-order valence-corrected chi connectivity index (χ3v) is 2.09. The zero-order valence-electron chi connectivity index (χ0n) is 9.46. The molecule has 1 rings (SSSR count). The molecule has 1 aliphatic rings. The molecule has 0 saturated carbocycles.